The molecule has 0 unspecified atom stereocenters. The van der Waals surface area contributed by atoms with Crippen molar-refractivity contribution < 1.29 is 0 Å². The lowest BCUT2D eigenvalue weighted by Crippen LogP contribution is -2.23. The first-order chi connectivity index (χ1) is 4.42. The molecule has 0 aromatic carbocycles. The lowest BCUT2D eigenvalue weighted by molar-refractivity contribution is 0.295. The van der Waals surface area contributed by atoms with Crippen LogP contribution in [0.5, 0.6) is 0 Å². The van der Waals surface area contributed by atoms with E-state index in [1.165, 1.54) is 5.01 Å². The Morgan fingerprint density at radius 3 is 1.78 bits per heavy atom. The van der Waals surface area contributed by atoms with E-state index >= 15 is 0 Å². The molecule has 2 aliphatic heterocycles. The molecule has 0 N–H and O–H groups in total. The molecule has 0 saturated carbocycles. The molecule has 0 atom stereocenters. The van der Waals surface area contributed by atoms with Crippen LogP contribution in [0.3, 0.4) is 0 Å². The van der Waals surface area contributed by atoms with E-state index in [9.17, 15) is 4.91 Å². The maximum absolute atomic E-state index is 10.1. The number of nitrogens with zero attached hydrogens (tertiary/aromatic N) is 2. The van der Waals surface area contributed by atoms with Crippen molar-refractivity contribution >= 4 is 0 Å². The van der Waals surface area contributed by atoms with Gasteiger partial charge in [-0.05, 0) is 0 Å². The monoisotopic (exact) mass is 122 g/mol. The molecule has 2 aliphatic rings. The Kier molecular flexibility index (Phi) is 0.754. The predicted octanol–water partition coefficient (Wildman–Crippen LogP) is 0.847. The molecule has 0 aromatic heterocycles. The average molecular weight is 122 g/mol. The third-order valence-electron chi connectivity index (χ3n) is 1.72. The first-order valence-electron chi connectivity index (χ1n) is 2.90. The van der Waals surface area contributed by atoms with Gasteiger partial charge in [0.1, 0.15) is 0 Å². The van der Waals surface area contributed by atoms with Crippen LogP contribution < -0.4 is 0 Å². The van der Waals surface area contributed by atoms with Gasteiger partial charge in [0.25, 0.3) is 0 Å². The lowest BCUT2D eigenvalue weighted by atomic mass is 10.2. The van der Waals surface area contributed by atoms with Crippen LogP contribution in [0, 0.1) is 4.91 Å². The van der Waals surface area contributed by atoms with Crippen molar-refractivity contribution in [3.63, 3.8) is 0 Å². The fourth-order valence-corrected chi connectivity index (χ4v) is 1.24. The highest BCUT2D eigenvalue weighted by atomic mass is 16.3. The zero-order valence-corrected chi connectivity index (χ0v) is 4.77. The topological polar surface area (TPSA) is 32.7 Å². The maximum atomic E-state index is 10.1. The Bertz CT molecular complexity index is 167. The van der Waals surface area contributed by atoms with Crippen LogP contribution >= 0.6 is 0 Å². The van der Waals surface area contributed by atoms with E-state index in [0.29, 0.717) is 0 Å². The van der Waals surface area contributed by atoms with Gasteiger partial charge in [-0.1, -0.05) is 24.3 Å². The van der Waals surface area contributed by atoms with Crippen molar-refractivity contribution in [2.24, 2.45) is 5.29 Å². The fourth-order valence-electron chi connectivity index (χ4n) is 1.24. The summed E-state index contributed by atoms with van der Waals surface area (Å²) in [4.78, 5) is 10.1. The SMILES string of the molecule is O=NN1C2C=CC1C=C2. The highest BCUT2D eigenvalue weighted by Crippen LogP contribution is 2.24. The fraction of sp³-hybridized carbons (Fsp3) is 0.333. The van der Waals surface area contributed by atoms with Crippen LogP contribution in [0.1, 0.15) is 0 Å². The summed E-state index contributed by atoms with van der Waals surface area (Å²) in [6.45, 7) is 0. The third kappa shape index (κ3) is 0.460. The van der Waals surface area contributed by atoms with Crippen molar-refractivity contribution in [2.75, 3.05) is 0 Å². The molecule has 46 valence electrons. The molecular weight excluding hydrogens is 116 g/mol. The molecule has 3 nitrogen and oxygen atoms in total. The van der Waals surface area contributed by atoms with Crippen molar-refractivity contribution in [3.8, 4) is 0 Å². The molecule has 0 aliphatic carbocycles. The van der Waals surface area contributed by atoms with Gasteiger partial charge in [0.05, 0.1) is 17.4 Å². The molecule has 2 rings (SSSR count). The summed E-state index contributed by atoms with van der Waals surface area (Å²) in [6, 6.07) is 0.292. The van der Waals surface area contributed by atoms with E-state index < -0.39 is 0 Å². The van der Waals surface area contributed by atoms with E-state index in [1.807, 2.05) is 24.3 Å². The predicted molar refractivity (Wildman–Crippen MR) is 33.5 cm³/mol. The molecular formula is C6H6N2O. The minimum Gasteiger partial charge on any atom is -0.239 e. The van der Waals surface area contributed by atoms with Gasteiger partial charge in [-0.3, -0.25) is 0 Å². The first kappa shape index (κ1) is 4.73. The van der Waals surface area contributed by atoms with Crippen LogP contribution in [0.4, 0.5) is 0 Å². The largest absolute Gasteiger partial charge is 0.239 e. The van der Waals surface area contributed by atoms with Gasteiger partial charge in [0.15, 0.2) is 0 Å². The molecule has 2 heterocycles. The smallest absolute Gasteiger partial charge is 0.0876 e. The number of hydrogen-bond acceptors (Lipinski definition) is 2. The zero-order valence-electron chi connectivity index (χ0n) is 4.77. The Morgan fingerprint density at radius 1 is 1.11 bits per heavy atom. The Hall–Kier alpha value is -1.12. The van der Waals surface area contributed by atoms with Crippen LogP contribution in [-0.4, -0.2) is 17.1 Å². The van der Waals surface area contributed by atoms with Crippen molar-refractivity contribution in [3.05, 3.63) is 29.2 Å². The molecule has 2 bridgehead atoms. The van der Waals surface area contributed by atoms with Crippen molar-refractivity contribution in [2.45, 2.75) is 12.1 Å². The van der Waals surface area contributed by atoms with Crippen LogP contribution in [0.2, 0.25) is 0 Å². The van der Waals surface area contributed by atoms with E-state index in [2.05, 4.69) is 5.29 Å². The molecule has 9 heavy (non-hydrogen) atoms. The second-order valence-electron chi connectivity index (χ2n) is 2.21. The second-order valence-corrected chi connectivity index (χ2v) is 2.21. The quantitative estimate of drug-likeness (QED) is 0.381. The minimum absolute atomic E-state index is 0.146. The highest BCUT2D eigenvalue weighted by Gasteiger charge is 2.29. The van der Waals surface area contributed by atoms with Crippen LogP contribution in [-0.2, 0) is 0 Å². The average Bonchev–Trinajstić information content (AvgIpc) is 2.44. The Morgan fingerprint density at radius 2 is 1.56 bits per heavy atom. The van der Waals surface area contributed by atoms with Crippen LogP contribution in [0.25, 0.3) is 0 Å². The Balaban J connectivity index is 2.29. The summed E-state index contributed by atoms with van der Waals surface area (Å²) in [5.41, 5.74) is 0. The highest BCUT2D eigenvalue weighted by molar-refractivity contribution is 5.28. The number of nitroso groups, excluding NO2 is 1. The first-order valence-corrected chi connectivity index (χ1v) is 2.90. The summed E-state index contributed by atoms with van der Waals surface area (Å²) in [5, 5.41) is 4.40. The van der Waals surface area contributed by atoms with Gasteiger partial charge in [0, 0.05) is 0 Å². The standard InChI is InChI=1S/C6H6N2O/c9-7-8-5-1-2-6(8)4-3-5/h1-6H. The molecule has 0 radical (unpaired) electrons. The summed E-state index contributed by atoms with van der Waals surface area (Å²) in [7, 11) is 0. The molecule has 3 heteroatoms. The zero-order chi connectivity index (χ0) is 6.27. The minimum atomic E-state index is 0.146. The van der Waals surface area contributed by atoms with Crippen LogP contribution in [0.15, 0.2) is 29.6 Å². The molecule has 0 fully saturated rings. The van der Waals surface area contributed by atoms with E-state index in [4.69, 9.17) is 0 Å². The van der Waals surface area contributed by atoms with Gasteiger partial charge in [-0.25, -0.2) is 5.01 Å². The van der Waals surface area contributed by atoms with Gasteiger partial charge in [0.2, 0.25) is 0 Å². The van der Waals surface area contributed by atoms with Gasteiger partial charge in [-0.15, -0.1) is 4.91 Å². The normalized spacial score (nSPS) is 36.2. The van der Waals surface area contributed by atoms with E-state index in [0.717, 1.165) is 0 Å². The maximum Gasteiger partial charge on any atom is 0.0876 e. The van der Waals surface area contributed by atoms with Gasteiger partial charge >= 0.3 is 0 Å². The number of fused-ring (bicyclic) bond motifs is 2. The van der Waals surface area contributed by atoms with Crippen molar-refractivity contribution in [1.82, 2.24) is 5.01 Å². The second kappa shape index (κ2) is 1.43. The number of hydrogen-bond donors (Lipinski definition) is 0. The Labute approximate surface area is 52.6 Å². The van der Waals surface area contributed by atoms with Gasteiger partial charge < -0.3 is 0 Å². The van der Waals surface area contributed by atoms with E-state index in [1.54, 1.807) is 0 Å². The molecule has 0 aromatic rings. The summed E-state index contributed by atoms with van der Waals surface area (Å²) in [5.74, 6) is 0. The van der Waals surface area contributed by atoms with Crippen molar-refractivity contribution in [1.29, 1.82) is 0 Å². The molecule has 0 saturated heterocycles. The molecule has 0 spiro atoms. The molecule has 0 amide bonds. The summed E-state index contributed by atoms with van der Waals surface area (Å²) < 4.78 is 0. The number of rotatable bonds is 1. The lowest BCUT2D eigenvalue weighted by Gasteiger charge is -2.11. The summed E-state index contributed by atoms with van der Waals surface area (Å²) >= 11 is 0. The summed E-state index contributed by atoms with van der Waals surface area (Å²) in [6.07, 6.45) is 7.91. The third-order valence-corrected chi connectivity index (χ3v) is 1.72. The van der Waals surface area contributed by atoms with Gasteiger partial charge in [-0.2, -0.15) is 0 Å². The van der Waals surface area contributed by atoms with E-state index in [-0.39, 0.29) is 12.1 Å².